The molecular weight excluding hydrogens is 344 g/mol. The third kappa shape index (κ3) is 4.32. The van der Waals surface area contributed by atoms with Crippen LogP contribution in [0.25, 0.3) is 16.9 Å². The lowest BCUT2D eigenvalue weighted by molar-refractivity contribution is -0.118. The first-order valence-electron chi connectivity index (χ1n) is 8.24. The van der Waals surface area contributed by atoms with Crippen LogP contribution in [0.3, 0.4) is 0 Å². The molecule has 0 aliphatic heterocycles. The Labute approximate surface area is 156 Å². The number of carbonyl (C=O) groups is 1. The monoisotopic (exact) mass is 362 g/mol. The minimum absolute atomic E-state index is 0.103. The van der Waals surface area contributed by atoms with Crippen LogP contribution in [0.2, 0.25) is 0 Å². The lowest BCUT2D eigenvalue weighted by atomic mass is 10.1. The Morgan fingerprint density at radius 3 is 2.50 bits per heavy atom. The van der Waals surface area contributed by atoms with Crippen LogP contribution in [0.5, 0.6) is 0 Å². The Morgan fingerprint density at radius 2 is 1.81 bits per heavy atom. The Hall–Kier alpha value is -3.04. The molecule has 1 amide bonds. The standard InChI is InChI=1S/C20H18N4OS/c21-12-7-13-22-19(25)15-26-20-23-14-18(16-8-3-1-4-9-16)24(20)17-10-5-2-6-11-17/h1-6,8-11,14H,7,13,15H2,(H,22,25). The van der Waals surface area contributed by atoms with Crippen molar-refractivity contribution in [1.29, 1.82) is 5.26 Å². The lowest BCUT2D eigenvalue weighted by Crippen LogP contribution is -2.26. The number of amides is 1. The Balaban J connectivity index is 1.85. The maximum absolute atomic E-state index is 11.9. The minimum Gasteiger partial charge on any atom is -0.354 e. The summed E-state index contributed by atoms with van der Waals surface area (Å²) in [6.45, 7) is 0.373. The molecule has 0 atom stereocenters. The first-order valence-corrected chi connectivity index (χ1v) is 9.23. The summed E-state index contributed by atoms with van der Waals surface area (Å²) < 4.78 is 2.06. The van der Waals surface area contributed by atoms with Crippen LogP contribution in [-0.2, 0) is 4.79 Å². The van der Waals surface area contributed by atoms with Crippen LogP contribution < -0.4 is 5.32 Å². The summed E-state index contributed by atoms with van der Waals surface area (Å²) in [6, 6.07) is 22.0. The van der Waals surface area contributed by atoms with E-state index in [4.69, 9.17) is 5.26 Å². The summed E-state index contributed by atoms with van der Waals surface area (Å²) in [6.07, 6.45) is 2.14. The van der Waals surface area contributed by atoms with Crippen molar-refractivity contribution in [3.05, 3.63) is 66.9 Å². The number of imidazole rings is 1. The molecule has 0 unspecified atom stereocenters. The Morgan fingerprint density at radius 1 is 1.12 bits per heavy atom. The topological polar surface area (TPSA) is 70.7 Å². The highest BCUT2D eigenvalue weighted by atomic mass is 32.2. The Kier molecular flexibility index (Phi) is 6.07. The molecule has 3 rings (SSSR count). The highest BCUT2D eigenvalue weighted by molar-refractivity contribution is 7.99. The second-order valence-corrected chi connectivity index (χ2v) is 6.45. The molecule has 26 heavy (non-hydrogen) atoms. The van der Waals surface area contributed by atoms with Crippen molar-refractivity contribution >= 4 is 17.7 Å². The number of thioether (sulfide) groups is 1. The number of para-hydroxylation sites is 1. The van der Waals surface area contributed by atoms with Crippen molar-refractivity contribution in [2.24, 2.45) is 0 Å². The van der Waals surface area contributed by atoms with Crippen LogP contribution in [0.1, 0.15) is 6.42 Å². The maximum Gasteiger partial charge on any atom is 0.230 e. The van der Waals surface area contributed by atoms with E-state index in [0.717, 1.165) is 22.1 Å². The highest BCUT2D eigenvalue weighted by Crippen LogP contribution is 2.29. The summed E-state index contributed by atoms with van der Waals surface area (Å²) in [5.41, 5.74) is 3.04. The molecule has 0 bridgehead atoms. The van der Waals surface area contributed by atoms with Crippen LogP contribution in [0.4, 0.5) is 0 Å². The van der Waals surface area contributed by atoms with Crippen molar-refractivity contribution in [2.75, 3.05) is 12.3 Å². The van der Waals surface area contributed by atoms with Crippen molar-refractivity contribution in [3.8, 4) is 23.0 Å². The van der Waals surface area contributed by atoms with Gasteiger partial charge in [-0.05, 0) is 12.1 Å². The molecule has 0 saturated carbocycles. The van der Waals surface area contributed by atoms with E-state index in [9.17, 15) is 4.79 Å². The van der Waals surface area contributed by atoms with E-state index in [1.165, 1.54) is 11.8 Å². The van der Waals surface area contributed by atoms with Gasteiger partial charge in [0.2, 0.25) is 5.91 Å². The number of hydrogen-bond acceptors (Lipinski definition) is 4. The number of nitrogens with one attached hydrogen (secondary N) is 1. The van der Waals surface area contributed by atoms with Gasteiger partial charge in [0, 0.05) is 17.8 Å². The molecule has 0 radical (unpaired) electrons. The summed E-state index contributed by atoms with van der Waals surface area (Å²) in [5, 5.41) is 12.0. The summed E-state index contributed by atoms with van der Waals surface area (Å²) in [5.74, 6) is 0.151. The van der Waals surface area contributed by atoms with Gasteiger partial charge in [0.05, 0.1) is 30.1 Å². The smallest absolute Gasteiger partial charge is 0.230 e. The van der Waals surface area contributed by atoms with Gasteiger partial charge in [-0.25, -0.2) is 4.98 Å². The number of benzene rings is 2. The predicted molar refractivity (Wildman–Crippen MR) is 103 cm³/mol. The molecule has 1 aromatic heterocycles. The molecule has 1 N–H and O–H groups in total. The number of aromatic nitrogens is 2. The zero-order valence-corrected chi connectivity index (χ0v) is 14.9. The predicted octanol–water partition coefficient (Wildman–Crippen LogP) is 3.66. The van der Waals surface area contributed by atoms with Gasteiger partial charge in [-0.15, -0.1) is 0 Å². The van der Waals surface area contributed by atoms with Crippen LogP contribution in [0.15, 0.2) is 72.0 Å². The minimum atomic E-state index is -0.103. The average molecular weight is 362 g/mol. The SMILES string of the molecule is N#CCCNC(=O)CSc1ncc(-c2ccccc2)n1-c1ccccc1. The number of carbonyl (C=O) groups excluding carboxylic acids is 1. The molecule has 0 fully saturated rings. The third-order valence-corrected chi connectivity index (χ3v) is 4.66. The van der Waals surface area contributed by atoms with E-state index >= 15 is 0 Å². The van der Waals surface area contributed by atoms with Crippen LogP contribution in [0, 0.1) is 11.3 Å². The molecule has 0 spiro atoms. The van der Waals surface area contributed by atoms with Gasteiger partial charge >= 0.3 is 0 Å². The second-order valence-electron chi connectivity index (χ2n) is 5.51. The molecule has 2 aromatic carbocycles. The number of rotatable bonds is 7. The van der Waals surface area contributed by atoms with Gasteiger partial charge in [0.1, 0.15) is 0 Å². The molecule has 130 valence electrons. The number of hydrogen-bond donors (Lipinski definition) is 1. The lowest BCUT2D eigenvalue weighted by Gasteiger charge is -2.12. The first kappa shape index (κ1) is 17.8. The van der Waals surface area contributed by atoms with Gasteiger partial charge in [-0.1, -0.05) is 60.3 Å². The van der Waals surface area contributed by atoms with E-state index in [0.29, 0.717) is 13.0 Å². The molecule has 3 aromatic rings. The fourth-order valence-electron chi connectivity index (χ4n) is 2.51. The van der Waals surface area contributed by atoms with E-state index in [-0.39, 0.29) is 11.7 Å². The Bertz CT molecular complexity index is 901. The first-order chi connectivity index (χ1) is 12.8. The van der Waals surface area contributed by atoms with E-state index in [1.807, 2.05) is 72.9 Å². The normalized spacial score (nSPS) is 10.3. The van der Waals surface area contributed by atoms with Gasteiger partial charge in [-0.3, -0.25) is 9.36 Å². The fourth-order valence-corrected chi connectivity index (χ4v) is 3.34. The maximum atomic E-state index is 11.9. The molecule has 0 saturated heterocycles. The van der Waals surface area contributed by atoms with Gasteiger partial charge in [0.15, 0.2) is 5.16 Å². The fraction of sp³-hybridized carbons (Fsp3) is 0.150. The average Bonchev–Trinajstić information content (AvgIpc) is 3.12. The summed E-state index contributed by atoms with van der Waals surface area (Å²) in [7, 11) is 0. The zero-order chi connectivity index (χ0) is 18.2. The molecular formula is C20H18N4OS. The van der Waals surface area contributed by atoms with Crippen molar-refractivity contribution in [2.45, 2.75) is 11.6 Å². The molecule has 0 aliphatic rings. The third-order valence-electron chi connectivity index (χ3n) is 3.70. The van der Waals surface area contributed by atoms with Gasteiger partial charge < -0.3 is 5.32 Å². The quantitative estimate of drug-likeness (QED) is 0.514. The van der Waals surface area contributed by atoms with Crippen LogP contribution in [-0.4, -0.2) is 27.8 Å². The number of nitriles is 1. The zero-order valence-electron chi connectivity index (χ0n) is 14.1. The van der Waals surface area contributed by atoms with Gasteiger partial charge in [0.25, 0.3) is 0 Å². The van der Waals surface area contributed by atoms with E-state index < -0.39 is 0 Å². The molecule has 1 heterocycles. The van der Waals surface area contributed by atoms with E-state index in [1.54, 1.807) is 0 Å². The molecule has 6 heteroatoms. The number of nitrogens with zero attached hydrogens (tertiary/aromatic N) is 3. The largest absolute Gasteiger partial charge is 0.354 e. The van der Waals surface area contributed by atoms with Crippen LogP contribution >= 0.6 is 11.8 Å². The van der Waals surface area contributed by atoms with E-state index in [2.05, 4.69) is 14.9 Å². The van der Waals surface area contributed by atoms with Crippen molar-refractivity contribution in [1.82, 2.24) is 14.9 Å². The highest BCUT2D eigenvalue weighted by Gasteiger charge is 2.15. The van der Waals surface area contributed by atoms with Crippen molar-refractivity contribution < 1.29 is 4.79 Å². The van der Waals surface area contributed by atoms with Crippen molar-refractivity contribution in [3.63, 3.8) is 0 Å². The summed E-state index contributed by atoms with van der Waals surface area (Å²) >= 11 is 1.38. The molecule has 0 aliphatic carbocycles. The van der Waals surface area contributed by atoms with Gasteiger partial charge in [-0.2, -0.15) is 5.26 Å². The second kappa shape index (κ2) is 8.88. The molecule has 5 nitrogen and oxygen atoms in total. The summed E-state index contributed by atoms with van der Waals surface area (Å²) in [4.78, 5) is 16.5.